The van der Waals surface area contributed by atoms with Crippen LogP contribution in [-0.4, -0.2) is 18.0 Å². The summed E-state index contributed by atoms with van der Waals surface area (Å²) in [4.78, 5) is 23.8. The highest BCUT2D eigenvalue weighted by molar-refractivity contribution is 6.31. The molecule has 0 radical (unpaired) electrons. The van der Waals surface area contributed by atoms with E-state index in [9.17, 15) is 9.59 Å². The first kappa shape index (κ1) is 20.6. The van der Waals surface area contributed by atoms with Gasteiger partial charge in [0.2, 0.25) is 11.8 Å². The number of rotatable bonds is 7. The summed E-state index contributed by atoms with van der Waals surface area (Å²) in [6.07, 6.45) is 1.70. The monoisotopic (exact) mass is 385 g/mol. The van der Waals surface area contributed by atoms with Crippen molar-refractivity contribution in [2.45, 2.75) is 39.5 Å². The van der Waals surface area contributed by atoms with Crippen LogP contribution in [0.1, 0.15) is 49.3 Å². The van der Waals surface area contributed by atoms with Crippen molar-refractivity contribution in [2.24, 2.45) is 5.10 Å². The van der Waals surface area contributed by atoms with Crippen molar-refractivity contribution in [3.05, 3.63) is 64.2 Å². The third kappa shape index (κ3) is 6.53. The van der Waals surface area contributed by atoms with Gasteiger partial charge in [-0.1, -0.05) is 55.8 Å². The molecule has 0 saturated carbocycles. The second-order valence-corrected chi connectivity index (χ2v) is 6.98. The molecule has 0 aliphatic heterocycles. The minimum absolute atomic E-state index is 0.0507. The average Bonchev–Trinajstić information content (AvgIpc) is 2.64. The zero-order chi connectivity index (χ0) is 19.8. The molecule has 2 aromatic rings. The van der Waals surface area contributed by atoms with Crippen molar-refractivity contribution in [3.8, 4) is 0 Å². The normalized spacial score (nSPS) is 11.0. The molecule has 0 saturated heterocycles. The Hall–Kier alpha value is -2.66. The van der Waals surface area contributed by atoms with Gasteiger partial charge in [-0.2, -0.15) is 5.10 Å². The largest absolute Gasteiger partial charge is 0.326 e. The SMILES string of the molecule is Cc1c(Cl)cccc1NC(=O)CCC(=O)N/N=C\c1ccc(C(C)C)cc1. The lowest BCUT2D eigenvalue weighted by Gasteiger charge is -2.09. The molecule has 0 spiro atoms. The lowest BCUT2D eigenvalue weighted by molar-refractivity contribution is -0.124. The Kier molecular flexibility index (Phi) is 7.55. The highest BCUT2D eigenvalue weighted by atomic mass is 35.5. The molecule has 0 heterocycles. The van der Waals surface area contributed by atoms with Gasteiger partial charge in [-0.25, -0.2) is 5.43 Å². The zero-order valence-corrected chi connectivity index (χ0v) is 16.5. The number of amides is 2. The fraction of sp³-hybridized carbons (Fsp3) is 0.286. The number of nitrogens with zero attached hydrogens (tertiary/aromatic N) is 1. The number of hydrazone groups is 1. The molecular formula is C21H24ClN3O2. The summed E-state index contributed by atoms with van der Waals surface area (Å²) in [5.41, 5.74) is 6.03. The molecule has 5 nitrogen and oxygen atoms in total. The molecule has 142 valence electrons. The number of hydrogen-bond acceptors (Lipinski definition) is 3. The van der Waals surface area contributed by atoms with Gasteiger partial charge >= 0.3 is 0 Å². The van der Waals surface area contributed by atoms with E-state index in [0.717, 1.165) is 11.1 Å². The van der Waals surface area contributed by atoms with Gasteiger partial charge in [0.15, 0.2) is 0 Å². The van der Waals surface area contributed by atoms with Gasteiger partial charge in [0.1, 0.15) is 0 Å². The van der Waals surface area contributed by atoms with Crippen molar-refractivity contribution in [1.82, 2.24) is 5.43 Å². The maximum Gasteiger partial charge on any atom is 0.240 e. The maximum absolute atomic E-state index is 12.0. The van der Waals surface area contributed by atoms with Crippen molar-refractivity contribution >= 4 is 35.3 Å². The quantitative estimate of drug-likeness (QED) is 0.538. The van der Waals surface area contributed by atoms with Crippen LogP contribution in [0.5, 0.6) is 0 Å². The van der Waals surface area contributed by atoms with Crippen molar-refractivity contribution in [1.29, 1.82) is 0 Å². The van der Waals surface area contributed by atoms with E-state index in [-0.39, 0.29) is 24.7 Å². The average molecular weight is 386 g/mol. The third-order valence-corrected chi connectivity index (χ3v) is 4.54. The highest BCUT2D eigenvalue weighted by Crippen LogP contribution is 2.23. The van der Waals surface area contributed by atoms with E-state index >= 15 is 0 Å². The van der Waals surface area contributed by atoms with Gasteiger partial charge < -0.3 is 5.32 Å². The van der Waals surface area contributed by atoms with Gasteiger partial charge in [-0.3, -0.25) is 9.59 Å². The standard InChI is InChI=1S/C21H24ClN3O2/c1-14(2)17-9-7-16(8-10-17)13-23-25-21(27)12-11-20(26)24-19-6-4-5-18(22)15(19)3/h4-10,13-14H,11-12H2,1-3H3,(H,24,26)(H,25,27)/b23-13-. The van der Waals surface area contributed by atoms with Crippen LogP contribution >= 0.6 is 11.6 Å². The van der Waals surface area contributed by atoms with E-state index in [1.54, 1.807) is 24.4 Å². The van der Waals surface area contributed by atoms with E-state index < -0.39 is 0 Å². The summed E-state index contributed by atoms with van der Waals surface area (Å²) in [6, 6.07) is 13.3. The van der Waals surface area contributed by atoms with Crippen molar-refractivity contribution < 1.29 is 9.59 Å². The van der Waals surface area contributed by atoms with Crippen LogP contribution in [0.3, 0.4) is 0 Å². The summed E-state index contributed by atoms with van der Waals surface area (Å²) >= 11 is 6.03. The Morgan fingerprint density at radius 3 is 2.41 bits per heavy atom. The van der Waals surface area contributed by atoms with Gasteiger partial charge in [0, 0.05) is 23.6 Å². The van der Waals surface area contributed by atoms with Gasteiger partial charge in [-0.15, -0.1) is 0 Å². The van der Waals surface area contributed by atoms with E-state index in [4.69, 9.17) is 11.6 Å². The first-order chi connectivity index (χ1) is 12.9. The first-order valence-corrected chi connectivity index (χ1v) is 9.21. The van der Waals surface area contributed by atoms with Crippen LogP contribution in [0.25, 0.3) is 0 Å². The molecule has 0 aliphatic rings. The van der Waals surface area contributed by atoms with Crippen LogP contribution in [0.4, 0.5) is 5.69 Å². The first-order valence-electron chi connectivity index (χ1n) is 8.83. The van der Waals surface area contributed by atoms with E-state index in [1.807, 2.05) is 31.2 Å². The molecule has 0 fully saturated rings. The summed E-state index contributed by atoms with van der Waals surface area (Å²) in [5, 5.41) is 7.28. The molecule has 2 aromatic carbocycles. The Balaban J connectivity index is 1.77. The van der Waals surface area contributed by atoms with E-state index in [1.165, 1.54) is 5.56 Å². The Bertz CT molecular complexity index is 830. The second kappa shape index (κ2) is 9.88. The number of anilines is 1. The number of hydrogen-bond donors (Lipinski definition) is 2. The van der Waals surface area contributed by atoms with Gasteiger partial charge in [0.25, 0.3) is 0 Å². The molecule has 0 bridgehead atoms. The Labute approximate surface area is 164 Å². The number of nitrogens with one attached hydrogen (secondary N) is 2. The Morgan fingerprint density at radius 2 is 1.74 bits per heavy atom. The molecular weight excluding hydrogens is 362 g/mol. The lowest BCUT2D eigenvalue weighted by Crippen LogP contribution is -2.20. The Morgan fingerprint density at radius 1 is 1.07 bits per heavy atom. The molecule has 0 aromatic heterocycles. The lowest BCUT2D eigenvalue weighted by atomic mass is 10.0. The van der Waals surface area contributed by atoms with Crippen molar-refractivity contribution in [3.63, 3.8) is 0 Å². The molecule has 0 unspecified atom stereocenters. The van der Waals surface area contributed by atoms with Crippen LogP contribution in [0.2, 0.25) is 5.02 Å². The van der Waals surface area contributed by atoms with Gasteiger partial charge in [-0.05, 0) is 41.7 Å². The predicted octanol–water partition coefficient (Wildman–Crippen LogP) is 4.64. The second-order valence-electron chi connectivity index (χ2n) is 6.58. The maximum atomic E-state index is 12.0. The van der Waals surface area contributed by atoms with Crippen LogP contribution in [0, 0.1) is 6.92 Å². The van der Waals surface area contributed by atoms with E-state index in [0.29, 0.717) is 16.6 Å². The number of carbonyl (C=O) groups is 2. The number of halogens is 1. The predicted molar refractivity (Wildman–Crippen MR) is 110 cm³/mol. The molecule has 2 amide bonds. The number of carbonyl (C=O) groups excluding carboxylic acids is 2. The molecule has 0 atom stereocenters. The van der Waals surface area contributed by atoms with Crippen LogP contribution in [-0.2, 0) is 9.59 Å². The highest BCUT2D eigenvalue weighted by Gasteiger charge is 2.09. The fourth-order valence-electron chi connectivity index (χ4n) is 2.38. The summed E-state index contributed by atoms with van der Waals surface area (Å²) < 4.78 is 0. The topological polar surface area (TPSA) is 70.6 Å². The molecule has 27 heavy (non-hydrogen) atoms. The summed E-state index contributed by atoms with van der Waals surface area (Å²) in [7, 11) is 0. The molecule has 2 rings (SSSR count). The van der Waals surface area contributed by atoms with Gasteiger partial charge in [0.05, 0.1) is 6.21 Å². The zero-order valence-electron chi connectivity index (χ0n) is 15.8. The smallest absolute Gasteiger partial charge is 0.240 e. The summed E-state index contributed by atoms with van der Waals surface area (Å²) in [6.45, 7) is 6.09. The minimum Gasteiger partial charge on any atom is -0.326 e. The fourth-order valence-corrected chi connectivity index (χ4v) is 2.56. The number of benzene rings is 2. The molecule has 2 N–H and O–H groups in total. The summed E-state index contributed by atoms with van der Waals surface area (Å²) in [5.74, 6) is -0.0932. The van der Waals surface area contributed by atoms with E-state index in [2.05, 4.69) is 29.7 Å². The van der Waals surface area contributed by atoms with Crippen molar-refractivity contribution in [2.75, 3.05) is 5.32 Å². The minimum atomic E-state index is -0.317. The van der Waals surface area contributed by atoms with Crippen LogP contribution in [0.15, 0.2) is 47.6 Å². The molecule has 6 heteroatoms. The third-order valence-electron chi connectivity index (χ3n) is 4.13. The molecule has 0 aliphatic carbocycles. The van der Waals surface area contributed by atoms with Crippen LogP contribution < -0.4 is 10.7 Å².